The van der Waals surface area contributed by atoms with Gasteiger partial charge in [-0.05, 0) is 37.2 Å². The van der Waals surface area contributed by atoms with Crippen molar-refractivity contribution in [1.82, 2.24) is 10.3 Å². The van der Waals surface area contributed by atoms with Gasteiger partial charge in [0.1, 0.15) is 0 Å². The first-order chi connectivity index (χ1) is 10.4. The highest BCUT2D eigenvalue weighted by atomic mass is 15.5. The number of piperidine rings is 1. The van der Waals surface area contributed by atoms with E-state index in [1.54, 1.807) is 0 Å². The molecule has 3 heteroatoms. The topological polar surface area (TPSA) is 27.6 Å². The maximum Gasteiger partial charge on any atom is 0.0914 e. The third kappa shape index (κ3) is 2.34. The average Bonchev–Trinajstić information content (AvgIpc) is 2.72. The molecule has 2 aromatic rings. The van der Waals surface area contributed by atoms with Gasteiger partial charge >= 0.3 is 0 Å². The van der Waals surface area contributed by atoms with Gasteiger partial charge in [0.2, 0.25) is 0 Å². The quantitative estimate of drug-likeness (QED) is 0.851. The van der Waals surface area contributed by atoms with Gasteiger partial charge in [0, 0.05) is 16.6 Å². The summed E-state index contributed by atoms with van der Waals surface area (Å²) in [6, 6.07) is 17.5. The molecular weight excluding hydrogens is 258 g/mol. The molecule has 106 valence electrons. The molecule has 1 saturated heterocycles. The number of benzene rings is 2. The van der Waals surface area contributed by atoms with Crippen molar-refractivity contribution in [3.05, 3.63) is 69.5 Å². The predicted octanol–water partition coefficient (Wildman–Crippen LogP) is 1.31. The lowest BCUT2D eigenvalue weighted by molar-refractivity contribution is 0.249. The molecule has 3 nitrogen and oxygen atoms in total. The molecule has 2 heterocycles. The van der Waals surface area contributed by atoms with Crippen LogP contribution in [0.3, 0.4) is 0 Å². The van der Waals surface area contributed by atoms with E-state index in [9.17, 15) is 0 Å². The molecule has 1 fully saturated rings. The van der Waals surface area contributed by atoms with Crippen LogP contribution in [0.4, 0.5) is 0 Å². The minimum atomic E-state index is 0.491. The van der Waals surface area contributed by atoms with E-state index in [-0.39, 0.29) is 0 Å². The van der Waals surface area contributed by atoms with Crippen molar-refractivity contribution in [3.8, 4) is 0 Å². The fourth-order valence-electron chi connectivity index (χ4n) is 3.20. The lowest BCUT2D eigenvalue weighted by Gasteiger charge is -2.29. The average molecular weight is 277 g/mol. The van der Waals surface area contributed by atoms with E-state index in [0.717, 1.165) is 31.3 Å². The van der Waals surface area contributed by atoms with Gasteiger partial charge in [-0.25, -0.2) is 0 Å². The lowest BCUT2D eigenvalue weighted by atomic mass is 10.1. The number of rotatable bonds is 1. The van der Waals surface area contributed by atoms with Crippen molar-refractivity contribution in [2.45, 2.75) is 18.9 Å². The minimum absolute atomic E-state index is 0.491. The minimum Gasteiger partial charge on any atom is -0.317 e. The summed E-state index contributed by atoms with van der Waals surface area (Å²) < 4.78 is 0. The van der Waals surface area contributed by atoms with E-state index in [1.165, 1.54) is 15.7 Å². The summed E-state index contributed by atoms with van der Waals surface area (Å²) in [5, 5.41) is 15.4. The summed E-state index contributed by atoms with van der Waals surface area (Å²) >= 11 is 0. The van der Waals surface area contributed by atoms with Crippen LogP contribution in [0.15, 0.2) is 53.6 Å². The van der Waals surface area contributed by atoms with Crippen molar-refractivity contribution in [2.24, 2.45) is 5.10 Å². The van der Waals surface area contributed by atoms with Crippen LogP contribution in [0.25, 0.3) is 6.20 Å². The van der Waals surface area contributed by atoms with Gasteiger partial charge in [-0.2, -0.15) is 5.10 Å². The van der Waals surface area contributed by atoms with E-state index in [1.807, 2.05) is 0 Å². The smallest absolute Gasteiger partial charge is 0.0914 e. The molecule has 0 amide bonds. The van der Waals surface area contributed by atoms with Gasteiger partial charge in [-0.3, -0.25) is 5.01 Å². The van der Waals surface area contributed by atoms with Gasteiger partial charge in [-0.1, -0.05) is 42.5 Å². The predicted molar refractivity (Wildman–Crippen MR) is 83.5 cm³/mol. The fourth-order valence-corrected chi connectivity index (χ4v) is 3.20. The molecule has 21 heavy (non-hydrogen) atoms. The first-order valence-electron chi connectivity index (χ1n) is 7.66. The normalized spacial score (nSPS) is 18.0. The molecule has 2 aliphatic rings. The van der Waals surface area contributed by atoms with Crippen LogP contribution >= 0.6 is 0 Å². The van der Waals surface area contributed by atoms with Crippen molar-refractivity contribution in [3.63, 3.8) is 0 Å². The molecule has 0 aromatic heterocycles. The van der Waals surface area contributed by atoms with Crippen LogP contribution in [0.1, 0.15) is 12.8 Å². The second-order valence-electron chi connectivity index (χ2n) is 5.69. The van der Waals surface area contributed by atoms with Crippen LogP contribution in [-0.2, 0) is 0 Å². The Morgan fingerprint density at radius 2 is 1.62 bits per heavy atom. The Morgan fingerprint density at radius 3 is 2.48 bits per heavy atom. The van der Waals surface area contributed by atoms with E-state index < -0.39 is 0 Å². The van der Waals surface area contributed by atoms with Gasteiger partial charge < -0.3 is 5.32 Å². The molecule has 0 aliphatic carbocycles. The molecular formula is C18H19N3. The Kier molecular flexibility index (Phi) is 3.20. The van der Waals surface area contributed by atoms with Crippen molar-refractivity contribution in [2.75, 3.05) is 13.1 Å². The molecule has 0 atom stereocenters. The number of nitrogens with one attached hydrogen (secondary N) is 1. The zero-order valence-electron chi connectivity index (χ0n) is 12.0. The van der Waals surface area contributed by atoms with Crippen LogP contribution in [0.2, 0.25) is 0 Å². The van der Waals surface area contributed by atoms with Gasteiger partial charge in [0.15, 0.2) is 0 Å². The van der Waals surface area contributed by atoms with Gasteiger partial charge in [-0.15, -0.1) is 0 Å². The van der Waals surface area contributed by atoms with Crippen LogP contribution in [0, 0.1) is 10.4 Å². The molecule has 0 bridgehead atoms. The summed E-state index contributed by atoms with van der Waals surface area (Å²) in [5.74, 6) is 0. The summed E-state index contributed by atoms with van der Waals surface area (Å²) in [4.78, 5) is 0. The van der Waals surface area contributed by atoms with Crippen LogP contribution < -0.4 is 15.9 Å². The van der Waals surface area contributed by atoms with Crippen molar-refractivity contribution >= 4 is 6.20 Å². The Bertz CT molecular complexity index is 787. The Labute approximate surface area is 123 Å². The third-order valence-corrected chi connectivity index (χ3v) is 4.33. The highest BCUT2D eigenvalue weighted by molar-refractivity contribution is 5.28. The maximum absolute atomic E-state index is 4.93. The standard InChI is InChI=1S/C18H19N3/c1-2-6-16-14(5-1)13-21(15-9-11-19-12-10-15)20-18-8-4-3-7-17(16)18/h1-8,13,15,19H,9-12H2. The second kappa shape index (κ2) is 5.34. The molecule has 1 N–H and O–H groups in total. The third-order valence-electron chi connectivity index (χ3n) is 4.33. The summed E-state index contributed by atoms with van der Waals surface area (Å²) in [6.07, 6.45) is 4.50. The first-order valence-corrected chi connectivity index (χ1v) is 7.66. The summed E-state index contributed by atoms with van der Waals surface area (Å²) in [5.41, 5.74) is 0. The second-order valence-corrected chi connectivity index (χ2v) is 5.69. The van der Waals surface area contributed by atoms with E-state index >= 15 is 0 Å². The lowest BCUT2D eigenvalue weighted by Crippen LogP contribution is -2.39. The molecule has 4 rings (SSSR count). The monoisotopic (exact) mass is 277 g/mol. The highest BCUT2D eigenvalue weighted by Crippen LogP contribution is 2.13. The molecule has 2 aliphatic heterocycles. The maximum atomic E-state index is 4.93. The molecule has 0 spiro atoms. The van der Waals surface area contributed by atoms with Crippen LogP contribution in [-0.4, -0.2) is 24.1 Å². The first kappa shape index (κ1) is 12.6. The summed E-state index contributed by atoms with van der Waals surface area (Å²) in [6.45, 7) is 2.15. The van der Waals surface area contributed by atoms with Crippen molar-refractivity contribution < 1.29 is 0 Å². The highest BCUT2D eigenvalue weighted by Gasteiger charge is 2.18. The SMILES string of the molecule is C1=c2ccccc2=c2ccccc2=NN1C1CCNCC1. The number of fused-ring (bicyclic) bond motifs is 2. The largest absolute Gasteiger partial charge is 0.317 e. The molecule has 2 aromatic carbocycles. The van der Waals surface area contributed by atoms with Gasteiger partial charge in [0.05, 0.1) is 11.4 Å². The van der Waals surface area contributed by atoms with E-state index in [0.29, 0.717) is 6.04 Å². The molecule has 0 unspecified atom stereocenters. The Hall–Kier alpha value is -2.13. The fraction of sp³-hybridized carbons (Fsp3) is 0.278. The zero-order chi connectivity index (χ0) is 14.1. The molecule has 0 radical (unpaired) electrons. The van der Waals surface area contributed by atoms with Crippen LogP contribution in [0.5, 0.6) is 0 Å². The Balaban J connectivity index is 1.99. The Morgan fingerprint density at radius 1 is 0.905 bits per heavy atom. The van der Waals surface area contributed by atoms with Gasteiger partial charge in [0.25, 0.3) is 0 Å². The summed E-state index contributed by atoms with van der Waals surface area (Å²) in [7, 11) is 0. The molecule has 0 saturated carbocycles. The zero-order valence-corrected chi connectivity index (χ0v) is 12.0. The number of hydrogen-bond acceptors (Lipinski definition) is 3. The van der Waals surface area contributed by atoms with Crippen molar-refractivity contribution in [1.29, 1.82) is 0 Å². The van der Waals surface area contributed by atoms with E-state index in [4.69, 9.17) is 5.10 Å². The number of hydrogen-bond donors (Lipinski definition) is 1. The van der Waals surface area contributed by atoms with E-state index in [2.05, 4.69) is 65.1 Å². The number of nitrogens with zero attached hydrogens (tertiary/aromatic N) is 2.